The van der Waals surface area contributed by atoms with Gasteiger partial charge in [0.25, 0.3) is 0 Å². The van der Waals surface area contributed by atoms with Crippen molar-refractivity contribution in [2.75, 3.05) is 5.73 Å². The number of anilines is 1. The minimum atomic E-state index is -2.88. The third kappa shape index (κ3) is 3.15. The first kappa shape index (κ1) is 16.9. The minimum absolute atomic E-state index is 0.0590. The lowest BCUT2D eigenvalue weighted by molar-refractivity contribution is -0.178. The predicted octanol–water partition coefficient (Wildman–Crippen LogP) is 3.15. The molecule has 24 heavy (non-hydrogen) atoms. The molecule has 0 aromatic heterocycles. The Morgan fingerprint density at radius 3 is 2.54 bits per heavy atom. The van der Waals surface area contributed by atoms with Gasteiger partial charge in [-0.1, -0.05) is 18.2 Å². The molecule has 6 heteroatoms. The number of halogens is 2. The molecule has 0 bridgehead atoms. The Balaban J connectivity index is 1.92. The van der Waals surface area contributed by atoms with Gasteiger partial charge in [-0.25, -0.2) is 13.6 Å². The third-order valence-electron chi connectivity index (χ3n) is 4.88. The van der Waals surface area contributed by atoms with Crippen LogP contribution in [0.2, 0.25) is 0 Å². The molecule has 3 atom stereocenters. The number of ether oxygens (including phenoxy) is 1. The molecule has 0 amide bonds. The van der Waals surface area contributed by atoms with Gasteiger partial charge in [-0.15, -0.1) is 0 Å². The second-order valence-corrected chi connectivity index (χ2v) is 6.63. The molecule has 2 aliphatic rings. The highest BCUT2D eigenvalue weighted by atomic mass is 19.3. The molecule has 0 heterocycles. The topological polar surface area (TPSA) is 72.5 Å². The van der Waals surface area contributed by atoms with Gasteiger partial charge < -0.3 is 15.6 Å². The first-order valence-corrected chi connectivity index (χ1v) is 8.15. The molecule has 1 aromatic rings. The van der Waals surface area contributed by atoms with Gasteiger partial charge in [-0.05, 0) is 43.0 Å². The van der Waals surface area contributed by atoms with Crippen LogP contribution in [0.15, 0.2) is 36.4 Å². The van der Waals surface area contributed by atoms with E-state index in [4.69, 9.17) is 10.5 Å². The molecule has 1 aromatic carbocycles. The number of aliphatic hydroxyl groups is 1. The van der Waals surface area contributed by atoms with Gasteiger partial charge in [0.1, 0.15) is 6.10 Å². The largest absolute Gasteiger partial charge is 0.456 e. The molecule has 4 nitrogen and oxygen atoms in total. The van der Waals surface area contributed by atoms with Crippen LogP contribution >= 0.6 is 0 Å². The quantitative estimate of drug-likeness (QED) is 0.503. The van der Waals surface area contributed by atoms with Crippen LogP contribution in [0.5, 0.6) is 0 Å². The van der Waals surface area contributed by atoms with E-state index in [1.54, 1.807) is 6.08 Å². The summed E-state index contributed by atoms with van der Waals surface area (Å²) in [4.78, 5) is 12.7. The number of hydrogen-bond donors (Lipinski definition) is 2. The van der Waals surface area contributed by atoms with E-state index in [2.05, 4.69) is 0 Å². The van der Waals surface area contributed by atoms with Crippen molar-refractivity contribution in [3.8, 4) is 0 Å². The second-order valence-electron chi connectivity index (χ2n) is 6.63. The van der Waals surface area contributed by atoms with Crippen LogP contribution in [0.1, 0.15) is 37.7 Å². The van der Waals surface area contributed by atoms with Crippen molar-refractivity contribution in [2.24, 2.45) is 5.92 Å². The first-order chi connectivity index (χ1) is 11.3. The summed E-state index contributed by atoms with van der Waals surface area (Å²) in [7, 11) is 0. The van der Waals surface area contributed by atoms with E-state index in [1.165, 1.54) is 24.3 Å². The van der Waals surface area contributed by atoms with Crippen molar-refractivity contribution in [3.05, 3.63) is 42.0 Å². The molecule has 1 unspecified atom stereocenters. The molecule has 3 N–H and O–H groups in total. The minimum Gasteiger partial charge on any atom is -0.456 e. The summed E-state index contributed by atoms with van der Waals surface area (Å²) < 4.78 is 32.7. The number of benzene rings is 1. The fourth-order valence-corrected chi connectivity index (χ4v) is 3.49. The SMILES string of the molecule is Nc1ccc([C@@](O)(C(=O)OC2C=CCC2)[C@@H]2CCC(F)(F)C2)cc1. The number of carbonyl (C=O) groups excluding carboxylic acids is 1. The number of carbonyl (C=O) groups is 1. The molecule has 0 aliphatic heterocycles. The summed E-state index contributed by atoms with van der Waals surface area (Å²) in [6.07, 6.45) is 3.84. The molecule has 0 spiro atoms. The zero-order valence-electron chi connectivity index (χ0n) is 13.3. The van der Waals surface area contributed by atoms with Crippen molar-refractivity contribution in [3.63, 3.8) is 0 Å². The average Bonchev–Trinajstić information content (AvgIpc) is 3.16. The van der Waals surface area contributed by atoms with E-state index in [0.717, 1.165) is 6.42 Å². The lowest BCUT2D eigenvalue weighted by Gasteiger charge is -2.33. The zero-order chi connectivity index (χ0) is 17.4. The Hall–Kier alpha value is -1.95. The monoisotopic (exact) mass is 337 g/mol. The Morgan fingerprint density at radius 2 is 2.00 bits per heavy atom. The van der Waals surface area contributed by atoms with Crippen molar-refractivity contribution < 1.29 is 23.4 Å². The van der Waals surface area contributed by atoms with Crippen molar-refractivity contribution in [1.82, 2.24) is 0 Å². The average molecular weight is 337 g/mol. The maximum atomic E-state index is 13.7. The van der Waals surface area contributed by atoms with Gasteiger partial charge in [0.2, 0.25) is 5.92 Å². The number of esters is 1. The standard InChI is InChI=1S/C18H21F2NO3/c19-17(20)10-9-13(11-17)18(23,12-5-7-14(21)8-6-12)16(22)24-15-3-1-2-4-15/h1,3,5-8,13,15,23H,2,4,9-11,21H2/t13-,15?,18+/m1/s1. The lowest BCUT2D eigenvalue weighted by Crippen LogP contribution is -2.45. The number of nitrogens with two attached hydrogens (primary N) is 1. The Bertz CT molecular complexity index is 644. The van der Waals surface area contributed by atoms with Crippen LogP contribution in [0.25, 0.3) is 0 Å². The van der Waals surface area contributed by atoms with Crippen LogP contribution in [0, 0.1) is 5.92 Å². The lowest BCUT2D eigenvalue weighted by atomic mass is 9.80. The Kier molecular flexibility index (Phi) is 4.34. The van der Waals surface area contributed by atoms with Crippen LogP contribution in [-0.2, 0) is 15.1 Å². The van der Waals surface area contributed by atoms with Crippen LogP contribution in [-0.4, -0.2) is 23.1 Å². The number of alkyl halides is 2. The van der Waals surface area contributed by atoms with Crippen molar-refractivity contribution >= 4 is 11.7 Å². The second kappa shape index (κ2) is 6.16. The van der Waals surface area contributed by atoms with Crippen molar-refractivity contribution in [1.29, 1.82) is 0 Å². The normalized spacial score (nSPS) is 27.8. The highest BCUT2D eigenvalue weighted by molar-refractivity contribution is 5.82. The Labute approximate surface area is 139 Å². The first-order valence-electron chi connectivity index (χ1n) is 8.15. The van der Waals surface area contributed by atoms with Gasteiger partial charge in [0, 0.05) is 24.4 Å². The maximum Gasteiger partial charge on any atom is 0.343 e. The predicted molar refractivity (Wildman–Crippen MR) is 85.3 cm³/mol. The highest BCUT2D eigenvalue weighted by Gasteiger charge is 2.54. The highest BCUT2D eigenvalue weighted by Crippen LogP contribution is 2.48. The molecular formula is C18H21F2NO3. The smallest absolute Gasteiger partial charge is 0.343 e. The summed E-state index contributed by atoms with van der Waals surface area (Å²) in [6, 6.07) is 6.07. The summed E-state index contributed by atoms with van der Waals surface area (Å²) in [5.41, 5.74) is 4.26. The number of rotatable bonds is 4. The summed E-state index contributed by atoms with van der Waals surface area (Å²) in [5, 5.41) is 11.2. The zero-order valence-corrected chi connectivity index (χ0v) is 13.3. The van der Waals surface area contributed by atoms with E-state index in [-0.39, 0.29) is 18.4 Å². The van der Waals surface area contributed by atoms with E-state index >= 15 is 0 Å². The molecule has 0 radical (unpaired) electrons. The molecular weight excluding hydrogens is 316 g/mol. The fourth-order valence-electron chi connectivity index (χ4n) is 3.49. The number of allylic oxidation sites excluding steroid dienone is 1. The summed E-state index contributed by atoms with van der Waals surface area (Å²) >= 11 is 0. The van der Waals surface area contributed by atoms with E-state index in [9.17, 15) is 18.7 Å². The van der Waals surface area contributed by atoms with Gasteiger partial charge in [-0.3, -0.25) is 0 Å². The molecule has 130 valence electrons. The van der Waals surface area contributed by atoms with Crippen molar-refractivity contribution in [2.45, 2.75) is 49.7 Å². The number of nitrogen functional groups attached to an aromatic ring is 1. The van der Waals surface area contributed by atoms with E-state index in [1.807, 2.05) is 6.08 Å². The van der Waals surface area contributed by atoms with Gasteiger partial charge >= 0.3 is 5.97 Å². The van der Waals surface area contributed by atoms with Crippen LogP contribution in [0.4, 0.5) is 14.5 Å². The summed E-state index contributed by atoms with van der Waals surface area (Å²) in [5.74, 6) is -4.64. The van der Waals surface area contributed by atoms with Crippen LogP contribution in [0.3, 0.4) is 0 Å². The Morgan fingerprint density at radius 1 is 1.29 bits per heavy atom. The third-order valence-corrected chi connectivity index (χ3v) is 4.88. The molecule has 1 saturated carbocycles. The molecule has 3 rings (SSSR count). The van der Waals surface area contributed by atoms with Gasteiger partial charge in [0.05, 0.1) is 0 Å². The number of hydrogen-bond acceptors (Lipinski definition) is 4. The van der Waals surface area contributed by atoms with E-state index < -0.39 is 35.9 Å². The summed E-state index contributed by atoms with van der Waals surface area (Å²) in [6.45, 7) is 0. The van der Waals surface area contributed by atoms with E-state index in [0.29, 0.717) is 12.1 Å². The maximum absolute atomic E-state index is 13.7. The van der Waals surface area contributed by atoms with Gasteiger partial charge in [0.15, 0.2) is 5.60 Å². The van der Waals surface area contributed by atoms with Gasteiger partial charge in [-0.2, -0.15) is 0 Å². The molecule has 0 saturated heterocycles. The molecule has 1 fully saturated rings. The van der Waals surface area contributed by atoms with Crippen LogP contribution < -0.4 is 5.73 Å². The molecule has 2 aliphatic carbocycles. The fraction of sp³-hybridized carbons (Fsp3) is 0.500.